The molecule has 150 valence electrons. The largest absolute Gasteiger partial charge is 0.459 e. The molecule has 6 nitrogen and oxygen atoms in total. The van der Waals surface area contributed by atoms with E-state index in [2.05, 4.69) is 5.32 Å². The molecule has 0 radical (unpaired) electrons. The van der Waals surface area contributed by atoms with Crippen LogP contribution in [0.15, 0.2) is 40.3 Å². The number of carbonyl (C=O) groups is 2. The van der Waals surface area contributed by atoms with E-state index in [0.717, 1.165) is 43.4 Å². The normalized spacial score (nSPS) is 20.9. The molecule has 0 aromatic carbocycles. The van der Waals surface area contributed by atoms with Gasteiger partial charge in [0.25, 0.3) is 5.91 Å². The van der Waals surface area contributed by atoms with Gasteiger partial charge in [-0.15, -0.1) is 11.3 Å². The van der Waals surface area contributed by atoms with Crippen molar-refractivity contribution in [2.24, 2.45) is 0 Å². The second-order valence-corrected chi connectivity index (χ2v) is 8.46. The van der Waals surface area contributed by atoms with Gasteiger partial charge in [0.15, 0.2) is 5.76 Å². The number of amides is 2. The lowest BCUT2D eigenvalue weighted by atomic mass is 10.1. The van der Waals surface area contributed by atoms with Crippen molar-refractivity contribution in [1.29, 1.82) is 0 Å². The smallest absolute Gasteiger partial charge is 0.290 e. The average molecular weight is 403 g/mol. The minimum Gasteiger partial charge on any atom is -0.459 e. The van der Waals surface area contributed by atoms with Crippen LogP contribution in [0.5, 0.6) is 0 Å². The van der Waals surface area contributed by atoms with E-state index < -0.39 is 6.04 Å². The van der Waals surface area contributed by atoms with Crippen molar-refractivity contribution in [3.8, 4) is 0 Å². The van der Waals surface area contributed by atoms with Crippen LogP contribution in [0.25, 0.3) is 0 Å². The van der Waals surface area contributed by atoms with E-state index in [9.17, 15) is 9.59 Å². The van der Waals surface area contributed by atoms with Crippen LogP contribution < -0.4 is 5.32 Å². The van der Waals surface area contributed by atoms with Gasteiger partial charge >= 0.3 is 0 Å². The highest BCUT2D eigenvalue weighted by atomic mass is 32.1. The molecule has 1 saturated heterocycles. The lowest BCUT2D eigenvalue weighted by molar-refractivity contribution is -0.127. The number of hydrogen-bond donors (Lipinski definition) is 1. The molecule has 2 unspecified atom stereocenters. The minimum absolute atomic E-state index is 0.0549. The van der Waals surface area contributed by atoms with Gasteiger partial charge in [0.2, 0.25) is 5.91 Å². The lowest BCUT2D eigenvalue weighted by Gasteiger charge is -2.32. The molecule has 2 aromatic heterocycles. The van der Waals surface area contributed by atoms with Crippen LogP contribution >= 0.6 is 11.3 Å². The summed E-state index contributed by atoms with van der Waals surface area (Å²) >= 11 is 1.49. The summed E-state index contributed by atoms with van der Waals surface area (Å²) in [7, 11) is 0. The highest BCUT2D eigenvalue weighted by Crippen LogP contribution is 2.30. The van der Waals surface area contributed by atoms with Gasteiger partial charge < -0.3 is 19.4 Å². The van der Waals surface area contributed by atoms with Crippen LogP contribution in [0.2, 0.25) is 0 Å². The van der Waals surface area contributed by atoms with E-state index in [1.54, 1.807) is 17.0 Å². The average Bonchev–Trinajstić information content (AvgIpc) is 3.50. The molecule has 1 aliphatic carbocycles. The Hall–Kier alpha value is -2.12. The molecule has 2 aromatic rings. The summed E-state index contributed by atoms with van der Waals surface area (Å²) in [5, 5.41) is 5.11. The number of furan rings is 1. The van der Waals surface area contributed by atoms with Gasteiger partial charge in [-0.3, -0.25) is 9.59 Å². The Morgan fingerprint density at radius 3 is 2.68 bits per heavy atom. The molecular weight excluding hydrogens is 376 g/mol. The number of nitrogens with one attached hydrogen (secondary N) is 1. The van der Waals surface area contributed by atoms with Crippen LogP contribution in [0.4, 0.5) is 0 Å². The Morgan fingerprint density at radius 2 is 2.04 bits per heavy atom. The quantitative estimate of drug-likeness (QED) is 0.765. The lowest BCUT2D eigenvalue weighted by Crippen LogP contribution is -2.48. The highest BCUT2D eigenvalue weighted by molar-refractivity contribution is 7.10. The van der Waals surface area contributed by atoms with Gasteiger partial charge in [-0.2, -0.15) is 0 Å². The van der Waals surface area contributed by atoms with E-state index in [0.29, 0.717) is 13.2 Å². The molecule has 2 fully saturated rings. The van der Waals surface area contributed by atoms with E-state index in [1.807, 2.05) is 17.5 Å². The van der Waals surface area contributed by atoms with Gasteiger partial charge in [0, 0.05) is 24.1 Å². The van der Waals surface area contributed by atoms with Gasteiger partial charge in [0.05, 0.1) is 12.4 Å². The van der Waals surface area contributed by atoms with Crippen molar-refractivity contribution in [3.63, 3.8) is 0 Å². The van der Waals surface area contributed by atoms with Crippen molar-refractivity contribution < 1.29 is 18.7 Å². The maximum Gasteiger partial charge on any atom is 0.290 e. The molecule has 1 N–H and O–H groups in total. The number of thiophene rings is 1. The Kier molecular flexibility index (Phi) is 6.12. The van der Waals surface area contributed by atoms with Gasteiger partial charge in [-0.1, -0.05) is 18.9 Å². The third kappa shape index (κ3) is 4.31. The summed E-state index contributed by atoms with van der Waals surface area (Å²) in [5.41, 5.74) is 0. The summed E-state index contributed by atoms with van der Waals surface area (Å²) in [6.45, 7) is 1.07. The first kappa shape index (κ1) is 19.2. The topological polar surface area (TPSA) is 71.8 Å². The van der Waals surface area contributed by atoms with Crippen molar-refractivity contribution in [2.75, 3.05) is 13.2 Å². The molecule has 2 amide bonds. The zero-order valence-corrected chi connectivity index (χ0v) is 16.7. The molecule has 2 aliphatic rings. The molecule has 1 aliphatic heterocycles. The van der Waals surface area contributed by atoms with Crippen molar-refractivity contribution in [1.82, 2.24) is 10.2 Å². The molecule has 0 bridgehead atoms. The van der Waals surface area contributed by atoms with E-state index in [4.69, 9.17) is 9.15 Å². The molecule has 3 heterocycles. The maximum atomic E-state index is 13.3. The number of ether oxygens (including phenoxy) is 1. The molecule has 2 atom stereocenters. The second-order valence-electron chi connectivity index (χ2n) is 7.48. The molecule has 28 heavy (non-hydrogen) atoms. The first-order valence-corrected chi connectivity index (χ1v) is 10.9. The Labute approximate surface area is 168 Å². The fraction of sp³-hybridized carbons (Fsp3) is 0.524. The minimum atomic E-state index is -0.678. The Balaban J connectivity index is 1.63. The predicted molar refractivity (Wildman–Crippen MR) is 106 cm³/mol. The number of rotatable bonds is 7. The van der Waals surface area contributed by atoms with E-state index in [-0.39, 0.29) is 29.7 Å². The summed E-state index contributed by atoms with van der Waals surface area (Å²) in [4.78, 5) is 29.1. The molecular formula is C21H26N2O4S. The van der Waals surface area contributed by atoms with Crippen LogP contribution in [-0.4, -0.2) is 42.0 Å². The first-order valence-electron chi connectivity index (χ1n) is 10.0. The monoisotopic (exact) mass is 402 g/mol. The number of nitrogens with zero attached hydrogens (tertiary/aromatic N) is 1. The Bertz CT molecular complexity index is 762. The Morgan fingerprint density at radius 1 is 1.18 bits per heavy atom. The van der Waals surface area contributed by atoms with Crippen molar-refractivity contribution >= 4 is 23.2 Å². The zero-order chi connectivity index (χ0) is 19.3. The third-order valence-corrected chi connectivity index (χ3v) is 6.42. The third-order valence-electron chi connectivity index (χ3n) is 5.49. The molecule has 7 heteroatoms. The highest BCUT2D eigenvalue weighted by Gasteiger charge is 2.37. The summed E-state index contributed by atoms with van der Waals surface area (Å²) in [6.07, 6.45) is 7.58. The van der Waals surface area contributed by atoms with Gasteiger partial charge in [-0.25, -0.2) is 0 Å². The van der Waals surface area contributed by atoms with E-state index >= 15 is 0 Å². The van der Waals surface area contributed by atoms with Crippen LogP contribution in [-0.2, 0) is 9.53 Å². The van der Waals surface area contributed by atoms with Crippen molar-refractivity contribution in [3.05, 3.63) is 46.5 Å². The van der Waals surface area contributed by atoms with Crippen LogP contribution in [0, 0.1) is 0 Å². The van der Waals surface area contributed by atoms with Gasteiger partial charge in [0.1, 0.15) is 6.04 Å². The predicted octanol–water partition coefficient (Wildman–Crippen LogP) is 3.76. The SMILES string of the molecule is O=C(NC1CCCC1)C(c1cccs1)N(CC1CCCO1)C(=O)c1ccco1. The standard InChI is InChI=1S/C21H26N2O4S/c24-20(22-15-6-1-2-7-15)19(18-10-5-13-28-18)23(14-16-8-3-11-26-16)21(25)17-9-4-12-27-17/h4-5,9-10,12-13,15-16,19H,1-3,6-8,11,14H2,(H,22,24). The second kappa shape index (κ2) is 8.92. The van der Waals surface area contributed by atoms with Crippen molar-refractivity contribution in [2.45, 2.75) is 56.7 Å². The summed E-state index contributed by atoms with van der Waals surface area (Å²) in [6, 6.07) is 6.68. The number of carbonyl (C=O) groups excluding carboxylic acids is 2. The number of hydrogen-bond acceptors (Lipinski definition) is 5. The van der Waals surface area contributed by atoms with Crippen LogP contribution in [0.3, 0.4) is 0 Å². The zero-order valence-electron chi connectivity index (χ0n) is 15.8. The summed E-state index contributed by atoms with van der Waals surface area (Å²) in [5.74, 6) is -0.152. The molecule has 4 rings (SSSR count). The molecule has 0 spiro atoms. The first-order chi connectivity index (χ1) is 13.7. The van der Waals surface area contributed by atoms with Crippen LogP contribution in [0.1, 0.15) is 60.0 Å². The molecule has 1 saturated carbocycles. The fourth-order valence-electron chi connectivity index (χ4n) is 4.08. The van der Waals surface area contributed by atoms with E-state index in [1.165, 1.54) is 17.6 Å². The maximum absolute atomic E-state index is 13.3. The fourth-order valence-corrected chi connectivity index (χ4v) is 4.91. The summed E-state index contributed by atoms with van der Waals surface area (Å²) < 4.78 is 11.1. The van der Waals surface area contributed by atoms with Gasteiger partial charge in [-0.05, 0) is 49.3 Å².